The molecule has 0 saturated heterocycles. The molecule has 0 nitrogen and oxygen atoms in total. The van der Waals surface area contributed by atoms with E-state index >= 15 is 0 Å². The lowest BCUT2D eigenvalue weighted by Gasteiger charge is -1.93. The van der Waals surface area contributed by atoms with Gasteiger partial charge in [0, 0.05) is 5.57 Å². The second kappa shape index (κ2) is 9.80. The Morgan fingerprint density at radius 3 is 2.50 bits per heavy atom. The van der Waals surface area contributed by atoms with Crippen molar-refractivity contribution < 1.29 is 0 Å². The maximum Gasteiger partial charge on any atom is 0.0177 e. The van der Waals surface area contributed by atoms with Gasteiger partial charge < -0.3 is 0 Å². The monoisotopic (exact) mass is 212 g/mol. The highest BCUT2D eigenvalue weighted by Crippen LogP contribution is 2.04. The van der Waals surface area contributed by atoms with Gasteiger partial charge in [-0.25, -0.2) is 0 Å². The van der Waals surface area contributed by atoms with Crippen molar-refractivity contribution in [3.63, 3.8) is 0 Å². The van der Waals surface area contributed by atoms with E-state index in [4.69, 9.17) is 0 Å². The fraction of sp³-hybridized carbons (Fsp3) is 0.250. The molecule has 0 unspecified atom stereocenters. The zero-order valence-corrected chi connectivity index (χ0v) is 10.3. The Bertz CT molecular complexity index is 365. The Morgan fingerprint density at radius 1 is 1.19 bits per heavy atom. The van der Waals surface area contributed by atoms with Gasteiger partial charge in [-0.15, -0.1) is 6.58 Å². The van der Waals surface area contributed by atoms with Crippen LogP contribution in [0.3, 0.4) is 0 Å². The second-order valence-electron chi connectivity index (χ2n) is 3.30. The molecule has 0 rings (SSSR count). The molecule has 0 N–H and O–H groups in total. The average molecular weight is 212 g/mol. The smallest absolute Gasteiger partial charge is 0.0177 e. The second-order valence-corrected chi connectivity index (χ2v) is 3.30. The topological polar surface area (TPSA) is 0 Å². The molecule has 0 aromatic rings. The summed E-state index contributed by atoms with van der Waals surface area (Å²) in [6.07, 6.45) is 13.7. The van der Waals surface area contributed by atoms with E-state index in [2.05, 4.69) is 25.0 Å². The lowest BCUT2D eigenvalue weighted by Crippen LogP contribution is -1.78. The Kier molecular flexibility index (Phi) is 8.74. The van der Waals surface area contributed by atoms with Crippen LogP contribution in [0.4, 0.5) is 0 Å². The third-order valence-corrected chi connectivity index (χ3v) is 1.95. The lowest BCUT2D eigenvalue weighted by atomic mass is 10.1. The number of allylic oxidation sites excluding steroid dienone is 8. The third kappa shape index (κ3) is 7.64. The van der Waals surface area contributed by atoms with Gasteiger partial charge in [-0.3, -0.25) is 0 Å². The molecule has 0 aliphatic carbocycles. The summed E-state index contributed by atoms with van der Waals surface area (Å²) in [4.78, 5) is 0. The number of hydrogen-bond acceptors (Lipinski definition) is 0. The molecule has 0 spiro atoms. The van der Waals surface area contributed by atoms with Gasteiger partial charge in [0.2, 0.25) is 0 Å². The molecule has 0 aromatic carbocycles. The summed E-state index contributed by atoms with van der Waals surface area (Å²) in [7, 11) is 0. The lowest BCUT2D eigenvalue weighted by molar-refractivity contribution is 1.02. The molecule has 84 valence electrons. The summed E-state index contributed by atoms with van der Waals surface area (Å²) in [5.74, 6) is 6.15. The summed E-state index contributed by atoms with van der Waals surface area (Å²) >= 11 is 0. The first-order chi connectivity index (χ1) is 7.74. The van der Waals surface area contributed by atoms with Gasteiger partial charge >= 0.3 is 0 Å². The summed E-state index contributed by atoms with van der Waals surface area (Å²) in [6, 6.07) is 0. The Morgan fingerprint density at radius 2 is 1.94 bits per heavy atom. The number of rotatable bonds is 5. The highest BCUT2D eigenvalue weighted by atomic mass is 13.9. The standard InChI is InChI=1S/C16H20/c1-5-8-10-11-15(4)13-14-16(7-3)12-9-6-2/h5-8,10-11H,2,4,9,12H2,1,3H3/b8-5-,11-10-,16-7+. The quantitative estimate of drug-likeness (QED) is 0.355. The molecule has 0 radical (unpaired) electrons. The van der Waals surface area contributed by atoms with Crippen molar-refractivity contribution >= 4 is 0 Å². The van der Waals surface area contributed by atoms with E-state index in [0.717, 1.165) is 24.0 Å². The molecule has 16 heavy (non-hydrogen) atoms. The van der Waals surface area contributed by atoms with Crippen molar-refractivity contribution in [3.05, 3.63) is 60.8 Å². The fourth-order valence-electron chi connectivity index (χ4n) is 1.02. The Hall–Kier alpha value is -1.74. The van der Waals surface area contributed by atoms with Gasteiger partial charge in [0.25, 0.3) is 0 Å². The largest absolute Gasteiger partial charge is 0.103 e. The third-order valence-electron chi connectivity index (χ3n) is 1.95. The minimum Gasteiger partial charge on any atom is -0.103 e. The molecule has 0 amide bonds. The van der Waals surface area contributed by atoms with Gasteiger partial charge in [0.05, 0.1) is 0 Å². The predicted molar refractivity (Wildman–Crippen MR) is 74.1 cm³/mol. The Balaban J connectivity index is 4.35. The highest BCUT2D eigenvalue weighted by molar-refractivity contribution is 5.42. The van der Waals surface area contributed by atoms with E-state index in [-0.39, 0.29) is 0 Å². The molecule has 0 aromatic heterocycles. The normalized spacial score (nSPS) is 11.5. The van der Waals surface area contributed by atoms with Crippen molar-refractivity contribution in [2.45, 2.75) is 26.7 Å². The molecule has 0 saturated carbocycles. The minimum atomic E-state index is 0.830. The van der Waals surface area contributed by atoms with Crippen LogP contribution < -0.4 is 0 Å². The molecule has 0 fully saturated rings. The van der Waals surface area contributed by atoms with Gasteiger partial charge in [0.15, 0.2) is 0 Å². The van der Waals surface area contributed by atoms with Crippen molar-refractivity contribution in [1.29, 1.82) is 0 Å². The van der Waals surface area contributed by atoms with Gasteiger partial charge in [0.1, 0.15) is 0 Å². The van der Waals surface area contributed by atoms with Gasteiger partial charge in [-0.2, -0.15) is 0 Å². The van der Waals surface area contributed by atoms with Crippen molar-refractivity contribution in [2.24, 2.45) is 0 Å². The molecule has 0 heteroatoms. The van der Waals surface area contributed by atoms with Crippen LogP contribution in [0.1, 0.15) is 26.7 Å². The van der Waals surface area contributed by atoms with Crippen LogP contribution in [-0.2, 0) is 0 Å². The Labute approximate surface area is 99.8 Å². The van der Waals surface area contributed by atoms with Crippen LogP contribution in [0, 0.1) is 11.8 Å². The predicted octanol–water partition coefficient (Wildman–Crippen LogP) is 4.59. The zero-order chi connectivity index (χ0) is 12.2. The first kappa shape index (κ1) is 14.3. The van der Waals surface area contributed by atoms with Gasteiger partial charge in [-0.1, -0.05) is 48.8 Å². The zero-order valence-electron chi connectivity index (χ0n) is 10.3. The number of hydrogen-bond donors (Lipinski definition) is 0. The van der Waals surface area contributed by atoms with Crippen LogP contribution >= 0.6 is 0 Å². The summed E-state index contributed by atoms with van der Waals surface area (Å²) in [6.45, 7) is 11.6. The molecule has 0 heterocycles. The summed E-state index contributed by atoms with van der Waals surface area (Å²) in [5, 5.41) is 0. The average Bonchev–Trinajstić information content (AvgIpc) is 2.30. The maximum atomic E-state index is 3.87. The first-order valence-corrected chi connectivity index (χ1v) is 5.51. The van der Waals surface area contributed by atoms with Crippen molar-refractivity contribution in [3.8, 4) is 11.8 Å². The molecule has 0 aliphatic rings. The SMILES string of the molecule is C=CCC/C(C#CC(=C)/C=C\C=C/C)=C\C. The van der Waals surface area contributed by atoms with Crippen molar-refractivity contribution in [2.75, 3.05) is 0 Å². The van der Waals surface area contributed by atoms with Crippen LogP contribution in [0.25, 0.3) is 0 Å². The van der Waals surface area contributed by atoms with E-state index in [1.165, 1.54) is 0 Å². The molecule has 0 aliphatic heterocycles. The van der Waals surface area contributed by atoms with E-state index in [9.17, 15) is 0 Å². The van der Waals surface area contributed by atoms with E-state index in [1.807, 2.05) is 50.3 Å². The minimum absolute atomic E-state index is 0.830. The van der Waals surface area contributed by atoms with E-state index in [1.54, 1.807) is 0 Å². The van der Waals surface area contributed by atoms with Crippen LogP contribution in [-0.4, -0.2) is 0 Å². The molecule has 0 atom stereocenters. The maximum absolute atomic E-state index is 3.87. The summed E-state index contributed by atoms with van der Waals surface area (Å²) < 4.78 is 0. The first-order valence-electron chi connectivity index (χ1n) is 5.51. The van der Waals surface area contributed by atoms with Crippen LogP contribution in [0.2, 0.25) is 0 Å². The van der Waals surface area contributed by atoms with Gasteiger partial charge in [-0.05, 0) is 38.3 Å². The van der Waals surface area contributed by atoms with E-state index < -0.39 is 0 Å². The van der Waals surface area contributed by atoms with Crippen molar-refractivity contribution in [1.82, 2.24) is 0 Å². The molecule has 0 bridgehead atoms. The summed E-state index contributed by atoms with van der Waals surface area (Å²) in [5.41, 5.74) is 1.97. The van der Waals surface area contributed by atoms with Crippen LogP contribution in [0.15, 0.2) is 60.8 Å². The fourth-order valence-corrected chi connectivity index (χ4v) is 1.02. The molecular weight excluding hydrogens is 192 g/mol. The molecular formula is C16H20. The van der Waals surface area contributed by atoms with Crippen LogP contribution in [0.5, 0.6) is 0 Å². The van der Waals surface area contributed by atoms with E-state index in [0.29, 0.717) is 0 Å². The highest BCUT2D eigenvalue weighted by Gasteiger charge is 1.88.